The largest absolute Gasteiger partial charge is 0.493 e. The van der Waals surface area contributed by atoms with Crippen molar-refractivity contribution >= 4 is 11.9 Å². The van der Waals surface area contributed by atoms with Crippen molar-refractivity contribution < 1.29 is 23.8 Å². The van der Waals surface area contributed by atoms with E-state index in [4.69, 9.17) is 14.2 Å². The molecule has 148 valence electrons. The summed E-state index contributed by atoms with van der Waals surface area (Å²) in [7, 11) is 3.04. The van der Waals surface area contributed by atoms with Gasteiger partial charge in [0.1, 0.15) is 0 Å². The lowest BCUT2D eigenvalue weighted by Gasteiger charge is -2.20. The minimum atomic E-state index is -0.349. The van der Waals surface area contributed by atoms with Gasteiger partial charge in [0.15, 0.2) is 11.5 Å². The number of amides is 1. The third-order valence-electron chi connectivity index (χ3n) is 4.49. The second-order valence-electron chi connectivity index (χ2n) is 7.94. The fourth-order valence-electron chi connectivity index (χ4n) is 3.21. The summed E-state index contributed by atoms with van der Waals surface area (Å²) >= 11 is 0. The Balaban J connectivity index is 2.08. The summed E-state index contributed by atoms with van der Waals surface area (Å²) in [5, 5.41) is 2.81. The zero-order valence-corrected chi connectivity index (χ0v) is 16.8. The first-order valence-electron chi connectivity index (χ1n) is 9.10. The molecule has 0 bridgehead atoms. The second-order valence-corrected chi connectivity index (χ2v) is 7.94. The Hall–Kier alpha value is -3.02. The summed E-state index contributed by atoms with van der Waals surface area (Å²) in [5.41, 5.74) is 2.89. The molecule has 1 aliphatic rings. The van der Waals surface area contributed by atoms with Crippen LogP contribution in [0.2, 0.25) is 0 Å². The van der Waals surface area contributed by atoms with Crippen LogP contribution in [0.15, 0.2) is 30.3 Å². The maximum atomic E-state index is 12.5. The van der Waals surface area contributed by atoms with Gasteiger partial charge in [-0.25, -0.2) is 0 Å². The normalized spacial score (nSPS) is 13.0. The molecule has 0 saturated carbocycles. The number of nitrogens with one attached hydrogen (secondary N) is 1. The molecular weight excluding hydrogens is 358 g/mol. The van der Waals surface area contributed by atoms with Crippen molar-refractivity contribution in [3.63, 3.8) is 0 Å². The minimum Gasteiger partial charge on any atom is -0.493 e. The summed E-state index contributed by atoms with van der Waals surface area (Å²) in [6, 6.07) is 9.14. The van der Waals surface area contributed by atoms with Crippen LogP contribution in [0.1, 0.15) is 43.1 Å². The second kappa shape index (κ2) is 7.54. The molecule has 0 fully saturated rings. The van der Waals surface area contributed by atoms with E-state index in [1.165, 1.54) is 14.2 Å². The summed E-state index contributed by atoms with van der Waals surface area (Å²) < 4.78 is 16.6. The van der Waals surface area contributed by atoms with Crippen LogP contribution in [-0.4, -0.2) is 26.1 Å². The van der Waals surface area contributed by atoms with Gasteiger partial charge in [-0.2, -0.15) is 0 Å². The van der Waals surface area contributed by atoms with E-state index in [0.29, 0.717) is 34.9 Å². The Labute approximate surface area is 164 Å². The summed E-state index contributed by atoms with van der Waals surface area (Å²) in [4.78, 5) is 24.4. The first-order valence-corrected chi connectivity index (χ1v) is 9.10. The predicted molar refractivity (Wildman–Crippen MR) is 106 cm³/mol. The highest BCUT2D eigenvalue weighted by atomic mass is 16.6. The van der Waals surface area contributed by atoms with Gasteiger partial charge in [0.2, 0.25) is 5.75 Å². The lowest BCUT2D eigenvalue weighted by atomic mass is 9.92. The van der Waals surface area contributed by atoms with Gasteiger partial charge < -0.3 is 19.5 Å². The van der Waals surface area contributed by atoms with Crippen LogP contribution >= 0.6 is 0 Å². The third-order valence-corrected chi connectivity index (χ3v) is 4.49. The molecule has 0 spiro atoms. The Morgan fingerprint density at radius 2 is 1.75 bits per heavy atom. The standard InChI is InChI=1S/C22H25NO5/c1-22(2,3)11-18(24)28-19-15(8-9-17(26-4)20(19)27-5)13-6-7-16-14(10-13)12-23-21(16)25/h6-10H,11-12H2,1-5H3,(H,23,25). The smallest absolute Gasteiger partial charge is 0.311 e. The molecule has 1 heterocycles. The molecule has 2 aromatic carbocycles. The van der Waals surface area contributed by atoms with Crippen LogP contribution in [0.3, 0.4) is 0 Å². The Morgan fingerprint density at radius 1 is 1.04 bits per heavy atom. The highest BCUT2D eigenvalue weighted by molar-refractivity contribution is 5.99. The van der Waals surface area contributed by atoms with Crippen LogP contribution in [0.25, 0.3) is 11.1 Å². The molecule has 0 unspecified atom stereocenters. The molecule has 3 rings (SSSR count). The number of esters is 1. The van der Waals surface area contributed by atoms with Gasteiger partial charge in [-0.3, -0.25) is 9.59 Å². The molecule has 1 N–H and O–H groups in total. The Kier molecular flexibility index (Phi) is 5.31. The number of methoxy groups -OCH3 is 2. The highest BCUT2D eigenvalue weighted by Gasteiger charge is 2.25. The lowest BCUT2D eigenvalue weighted by molar-refractivity contribution is -0.136. The molecule has 0 aliphatic carbocycles. The third kappa shape index (κ3) is 3.96. The molecule has 1 amide bonds. The van der Waals surface area contributed by atoms with E-state index in [-0.39, 0.29) is 23.7 Å². The molecule has 0 radical (unpaired) electrons. The van der Waals surface area contributed by atoms with Crippen molar-refractivity contribution in [2.45, 2.75) is 33.7 Å². The van der Waals surface area contributed by atoms with Gasteiger partial charge in [-0.05, 0) is 40.8 Å². The van der Waals surface area contributed by atoms with Gasteiger partial charge in [0, 0.05) is 17.7 Å². The number of hydrogen-bond acceptors (Lipinski definition) is 5. The highest BCUT2D eigenvalue weighted by Crippen LogP contribution is 2.45. The molecule has 6 heteroatoms. The number of fused-ring (bicyclic) bond motifs is 1. The fraction of sp³-hybridized carbons (Fsp3) is 0.364. The van der Waals surface area contributed by atoms with Crippen LogP contribution in [-0.2, 0) is 11.3 Å². The molecule has 0 atom stereocenters. The van der Waals surface area contributed by atoms with E-state index < -0.39 is 0 Å². The number of carbonyl (C=O) groups is 2. The van der Waals surface area contributed by atoms with Crippen molar-refractivity contribution in [1.82, 2.24) is 5.32 Å². The van der Waals surface area contributed by atoms with Gasteiger partial charge in [-0.1, -0.05) is 26.8 Å². The van der Waals surface area contributed by atoms with Crippen LogP contribution < -0.4 is 19.5 Å². The van der Waals surface area contributed by atoms with E-state index in [1.807, 2.05) is 39.0 Å². The average molecular weight is 383 g/mol. The summed E-state index contributed by atoms with van der Waals surface area (Å²) in [6.45, 7) is 6.40. The predicted octanol–water partition coefficient (Wildman–Crippen LogP) is 3.96. The van der Waals surface area contributed by atoms with Crippen molar-refractivity contribution in [2.24, 2.45) is 5.41 Å². The lowest BCUT2D eigenvalue weighted by Crippen LogP contribution is -2.18. The monoisotopic (exact) mass is 383 g/mol. The molecule has 0 saturated heterocycles. The van der Waals surface area contributed by atoms with Crippen molar-refractivity contribution in [3.05, 3.63) is 41.5 Å². The fourth-order valence-corrected chi connectivity index (χ4v) is 3.21. The van der Waals surface area contributed by atoms with E-state index in [9.17, 15) is 9.59 Å². The number of hydrogen-bond donors (Lipinski definition) is 1. The zero-order valence-electron chi connectivity index (χ0n) is 16.8. The summed E-state index contributed by atoms with van der Waals surface area (Å²) in [6.07, 6.45) is 0.259. The molecular formula is C22H25NO5. The number of benzene rings is 2. The first-order chi connectivity index (χ1) is 13.2. The zero-order chi connectivity index (χ0) is 20.5. The van der Waals surface area contributed by atoms with Gasteiger partial charge in [0.25, 0.3) is 5.91 Å². The topological polar surface area (TPSA) is 73.9 Å². The molecule has 28 heavy (non-hydrogen) atoms. The molecule has 6 nitrogen and oxygen atoms in total. The molecule has 2 aromatic rings. The number of ether oxygens (including phenoxy) is 3. The van der Waals surface area contributed by atoms with Crippen molar-refractivity contribution in [1.29, 1.82) is 0 Å². The van der Waals surface area contributed by atoms with Gasteiger partial charge in [-0.15, -0.1) is 0 Å². The maximum absolute atomic E-state index is 12.5. The quantitative estimate of drug-likeness (QED) is 0.625. The van der Waals surface area contributed by atoms with Crippen LogP contribution in [0.5, 0.6) is 17.2 Å². The van der Waals surface area contributed by atoms with E-state index >= 15 is 0 Å². The van der Waals surface area contributed by atoms with E-state index in [0.717, 1.165) is 11.1 Å². The maximum Gasteiger partial charge on any atom is 0.311 e. The molecule has 1 aliphatic heterocycles. The Morgan fingerprint density at radius 3 is 2.39 bits per heavy atom. The van der Waals surface area contributed by atoms with E-state index in [1.54, 1.807) is 12.1 Å². The van der Waals surface area contributed by atoms with Crippen LogP contribution in [0.4, 0.5) is 0 Å². The van der Waals surface area contributed by atoms with Crippen molar-refractivity contribution in [2.75, 3.05) is 14.2 Å². The minimum absolute atomic E-state index is 0.0781. The van der Waals surface area contributed by atoms with Gasteiger partial charge >= 0.3 is 5.97 Å². The number of rotatable bonds is 5. The van der Waals surface area contributed by atoms with Crippen LogP contribution in [0, 0.1) is 5.41 Å². The SMILES string of the molecule is COc1ccc(-c2ccc3c(c2)CNC3=O)c(OC(=O)CC(C)(C)C)c1OC. The van der Waals surface area contributed by atoms with Gasteiger partial charge in [0.05, 0.1) is 20.6 Å². The van der Waals surface area contributed by atoms with Crippen molar-refractivity contribution in [3.8, 4) is 28.4 Å². The number of carbonyl (C=O) groups excluding carboxylic acids is 2. The Bertz CT molecular complexity index is 927. The summed E-state index contributed by atoms with van der Waals surface area (Å²) in [5.74, 6) is 0.720. The molecule has 0 aromatic heterocycles. The first kappa shape index (κ1) is 19.7. The van der Waals surface area contributed by atoms with E-state index in [2.05, 4.69) is 5.32 Å². The average Bonchev–Trinajstić information content (AvgIpc) is 3.00.